The van der Waals surface area contributed by atoms with Gasteiger partial charge in [-0.2, -0.15) is 0 Å². The zero-order chi connectivity index (χ0) is 7.11. The predicted molar refractivity (Wildman–Crippen MR) is 37.8 cm³/mol. The quantitative estimate of drug-likeness (QED) is 0.564. The van der Waals surface area contributed by atoms with Crippen LogP contribution in [0.4, 0.5) is 0 Å². The van der Waals surface area contributed by atoms with E-state index in [2.05, 4.69) is 11.9 Å². The first kappa shape index (κ1) is 7.95. The molecular weight excluding hydrogens is 114 g/mol. The lowest BCUT2D eigenvalue weighted by atomic mass is 10.4. The first-order chi connectivity index (χ1) is 4.31. The van der Waals surface area contributed by atoms with E-state index >= 15 is 0 Å². The van der Waals surface area contributed by atoms with Gasteiger partial charge in [-0.3, -0.25) is 4.79 Å². The number of hydrogen-bond acceptors (Lipinski definition) is 1. The van der Waals surface area contributed by atoms with Crippen molar-refractivity contribution in [2.24, 2.45) is 0 Å². The molecular formula is C7H11NO. The van der Waals surface area contributed by atoms with Crippen LogP contribution in [0.2, 0.25) is 0 Å². The van der Waals surface area contributed by atoms with E-state index < -0.39 is 0 Å². The molecule has 0 atom stereocenters. The number of nitrogens with one attached hydrogen (secondary N) is 1. The number of carbonyl (C=O) groups excluding carboxylic acids is 1. The minimum absolute atomic E-state index is 0.0214. The van der Waals surface area contributed by atoms with E-state index in [9.17, 15) is 4.79 Å². The summed E-state index contributed by atoms with van der Waals surface area (Å²) in [5.41, 5.74) is 0. The Balaban J connectivity index is 3.37. The van der Waals surface area contributed by atoms with Gasteiger partial charge in [0.2, 0.25) is 5.91 Å². The van der Waals surface area contributed by atoms with Crippen LogP contribution in [0.15, 0.2) is 24.9 Å². The summed E-state index contributed by atoms with van der Waals surface area (Å²) in [6.45, 7) is 5.25. The maximum atomic E-state index is 10.5. The van der Waals surface area contributed by atoms with Crippen LogP contribution in [-0.4, -0.2) is 5.91 Å². The van der Waals surface area contributed by atoms with Crippen molar-refractivity contribution < 1.29 is 4.79 Å². The molecule has 0 rings (SSSR count). The summed E-state index contributed by atoms with van der Waals surface area (Å²) in [5, 5.41) is 2.54. The molecule has 0 saturated carbocycles. The van der Waals surface area contributed by atoms with Crippen molar-refractivity contribution in [2.75, 3.05) is 0 Å². The van der Waals surface area contributed by atoms with Gasteiger partial charge in [-0.15, -0.1) is 0 Å². The van der Waals surface area contributed by atoms with E-state index in [4.69, 9.17) is 0 Å². The minimum atomic E-state index is 0.0214. The third kappa shape index (κ3) is 4.81. The molecule has 0 spiro atoms. The van der Waals surface area contributed by atoms with Crippen LogP contribution in [0.1, 0.15) is 13.3 Å². The highest BCUT2D eigenvalue weighted by molar-refractivity contribution is 5.76. The third-order valence-corrected chi connectivity index (χ3v) is 0.798. The lowest BCUT2D eigenvalue weighted by molar-refractivity contribution is -0.119. The summed E-state index contributed by atoms with van der Waals surface area (Å²) in [4.78, 5) is 10.5. The molecule has 0 aliphatic heterocycles. The van der Waals surface area contributed by atoms with Gasteiger partial charge in [-0.25, -0.2) is 0 Å². The SMILES string of the molecule is C=CC=CNC(=O)CC. The fraction of sp³-hybridized carbons (Fsp3) is 0.286. The molecule has 2 nitrogen and oxygen atoms in total. The van der Waals surface area contributed by atoms with Crippen molar-refractivity contribution in [3.05, 3.63) is 24.9 Å². The minimum Gasteiger partial charge on any atom is -0.333 e. The number of hydrogen-bond donors (Lipinski definition) is 1. The van der Waals surface area contributed by atoms with Crippen molar-refractivity contribution in [1.82, 2.24) is 5.32 Å². The number of allylic oxidation sites excluding steroid dienone is 2. The zero-order valence-electron chi connectivity index (χ0n) is 5.55. The highest BCUT2D eigenvalue weighted by atomic mass is 16.1. The molecule has 1 amide bonds. The Bertz CT molecular complexity index is 127. The maximum Gasteiger partial charge on any atom is 0.223 e. The molecule has 0 aliphatic carbocycles. The van der Waals surface area contributed by atoms with Gasteiger partial charge in [0.25, 0.3) is 0 Å². The van der Waals surface area contributed by atoms with Crippen LogP contribution in [0.25, 0.3) is 0 Å². The van der Waals surface area contributed by atoms with Gasteiger partial charge in [-0.1, -0.05) is 19.6 Å². The fourth-order valence-electron chi connectivity index (χ4n) is 0.311. The molecule has 0 aliphatic rings. The van der Waals surface area contributed by atoms with Gasteiger partial charge in [0.05, 0.1) is 0 Å². The Kier molecular flexibility index (Phi) is 4.50. The average Bonchev–Trinajstić information content (AvgIpc) is 1.89. The monoisotopic (exact) mass is 125 g/mol. The largest absolute Gasteiger partial charge is 0.333 e. The van der Waals surface area contributed by atoms with Gasteiger partial charge in [0, 0.05) is 12.6 Å². The maximum absolute atomic E-state index is 10.5. The second kappa shape index (κ2) is 5.09. The van der Waals surface area contributed by atoms with Gasteiger partial charge in [0.1, 0.15) is 0 Å². The van der Waals surface area contributed by atoms with Crippen LogP contribution >= 0.6 is 0 Å². The van der Waals surface area contributed by atoms with Crippen LogP contribution < -0.4 is 5.32 Å². The van der Waals surface area contributed by atoms with Crippen LogP contribution in [0, 0.1) is 0 Å². The molecule has 0 radical (unpaired) electrons. The highest BCUT2D eigenvalue weighted by Gasteiger charge is 1.87. The predicted octanol–water partition coefficient (Wildman–Crippen LogP) is 1.21. The normalized spacial score (nSPS) is 9.44. The van der Waals surface area contributed by atoms with E-state index in [-0.39, 0.29) is 5.91 Å². The summed E-state index contributed by atoms with van der Waals surface area (Å²) in [5.74, 6) is 0.0214. The van der Waals surface area contributed by atoms with Gasteiger partial charge in [-0.05, 0) is 6.08 Å². The van der Waals surface area contributed by atoms with Gasteiger partial charge < -0.3 is 5.32 Å². The number of amides is 1. The molecule has 1 N–H and O–H groups in total. The van der Waals surface area contributed by atoms with Gasteiger partial charge in [0.15, 0.2) is 0 Å². The molecule has 0 saturated heterocycles. The summed E-state index contributed by atoms with van der Waals surface area (Å²) < 4.78 is 0. The summed E-state index contributed by atoms with van der Waals surface area (Å²) in [6.07, 6.45) is 5.36. The van der Waals surface area contributed by atoms with E-state index in [1.54, 1.807) is 25.3 Å². The molecule has 0 aromatic rings. The van der Waals surface area contributed by atoms with Crippen LogP contribution in [0.5, 0.6) is 0 Å². The van der Waals surface area contributed by atoms with Crippen LogP contribution in [0.3, 0.4) is 0 Å². The zero-order valence-corrected chi connectivity index (χ0v) is 5.55. The summed E-state index contributed by atoms with van der Waals surface area (Å²) >= 11 is 0. The summed E-state index contributed by atoms with van der Waals surface area (Å²) in [7, 11) is 0. The second-order valence-corrected chi connectivity index (χ2v) is 1.52. The third-order valence-electron chi connectivity index (χ3n) is 0.798. The first-order valence-corrected chi connectivity index (χ1v) is 2.88. The smallest absolute Gasteiger partial charge is 0.223 e. The molecule has 0 bridgehead atoms. The fourth-order valence-corrected chi connectivity index (χ4v) is 0.311. The van der Waals surface area contributed by atoms with E-state index in [1.165, 1.54) is 0 Å². The second-order valence-electron chi connectivity index (χ2n) is 1.52. The van der Waals surface area contributed by atoms with Crippen molar-refractivity contribution in [3.63, 3.8) is 0 Å². The Hall–Kier alpha value is -1.05. The van der Waals surface area contributed by atoms with Gasteiger partial charge >= 0.3 is 0 Å². The van der Waals surface area contributed by atoms with E-state index in [0.29, 0.717) is 6.42 Å². The molecule has 9 heavy (non-hydrogen) atoms. The molecule has 0 unspecified atom stereocenters. The average molecular weight is 125 g/mol. The summed E-state index contributed by atoms with van der Waals surface area (Å²) in [6, 6.07) is 0. The van der Waals surface area contributed by atoms with Crippen LogP contribution in [-0.2, 0) is 4.79 Å². The van der Waals surface area contributed by atoms with Crippen molar-refractivity contribution >= 4 is 5.91 Å². The molecule has 0 fully saturated rings. The lowest BCUT2D eigenvalue weighted by Gasteiger charge is -1.91. The van der Waals surface area contributed by atoms with Crippen molar-refractivity contribution in [3.8, 4) is 0 Å². The van der Waals surface area contributed by atoms with E-state index in [0.717, 1.165) is 0 Å². The lowest BCUT2D eigenvalue weighted by Crippen LogP contribution is -2.14. The highest BCUT2D eigenvalue weighted by Crippen LogP contribution is 1.74. The molecule has 0 aromatic carbocycles. The molecule has 50 valence electrons. The van der Waals surface area contributed by atoms with E-state index in [1.807, 2.05) is 0 Å². The topological polar surface area (TPSA) is 29.1 Å². The standard InChI is InChI=1S/C7H11NO/c1-3-5-6-8-7(9)4-2/h3,5-6H,1,4H2,2H3,(H,8,9). The number of rotatable bonds is 3. The number of carbonyl (C=O) groups is 1. The molecule has 0 aromatic heterocycles. The Morgan fingerprint density at radius 2 is 2.44 bits per heavy atom. The Morgan fingerprint density at radius 3 is 2.89 bits per heavy atom. The molecule has 2 heteroatoms. The first-order valence-electron chi connectivity index (χ1n) is 2.88. The van der Waals surface area contributed by atoms with Crippen molar-refractivity contribution in [1.29, 1.82) is 0 Å². The Labute approximate surface area is 55.3 Å². The molecule has 0 heterocycles. The van der Waals surface area contributed by atoms with Crippen molar-refractivity contribution in [2.45, 2.75) is 13.3 Å². The Morgan fingerprint density at radius 1 is 1.78 bits per heavy atom.